The van der Waals surface area contributed by atoms with Crippen LogP contribution in [0.5, 0.6) is 5.75 Å². The Morgan fingerprint density at radius 1 is 1.07 bits per heavy atom. The summed E-state index contributed by atoms with van der Waals surface area (Å²) < 4.78 is 5.59. The van der Waals surface area contributed by atoms with Crippen molar-refractivity contribution in [2.45, 2.75) is 105 Å². The third-order valence-electron chi connectivity index (χ3n) is 6.46. The lowest BCUT2D eigenvalue weighted by Gasteiger charge is -2.36. The number of carbonyl (C=O) groups is 1. The van der Waals surface area contributed by atoms with Gasteiger partial charge >= 0.3 is 5.97 Å². The maximum Gasteiger partial charge on any atom is 0.311 e. The van der Waals surface area contributed by atoms with Crippen LogP contribution in [0.1, 0.15) is 98.5 Å². The van der Waals surface area contributed by atoms with Gasteiger partial charge in [0.2, 0.25) is 0 Å². The van der Waals surface area contributed by atoms with Crippen LogP contribution >= 0.6 is 0 Å². The first-order valence-corrected chi connectivity index (χ1v) is 11.1. The zero-order chi connectivity index (χ0) is 22.2. The van der Waals surface area contributed by atoms with E-state index in [1.165, 1.54) is 5.56 Å². The van der Waals surface area contributed by atoms with Crippen LogP contribution in [0.3, 0.4) is 0 Å². The monoisotopic (exact) mass is 406 g/mol. The van der Waals surface area contributed by atoms with Gasteiger partial charge in [-0.2, -0.15) is 0 Å². The standard InChI is InChI=1S/C15H28O3.C10H14O/c1-6-14(2,3)13(16)18-12-9-7-11(8-10-12)15(4,5)17;1-3-8(2)9-4-6-10(11)7-5-9/h11-12,17H,6-10H2,1-5H3;4-8,11H,3H2,1-2H3. The highest BCUT2D eigenvalue weighted by molar-refractivity contribution is 5.76. The SMILES string of the molecule is CCC(C)(C)C(=O)OC1CCC(C(C)(C)O)CC1.CCC(C)c1ccc(O)cc1. The topological polar surface area (TPSA) is 66.8 Å². The lowest BCUT2D eigenvalue weighted by molar-refractivity contribution is -0.162. The minimum Gasteiger partial charge on any atom is -0.508 e. The van der Waals surface area contributed by atoms with Crippen LogP contribution in [0.2, 0.25) is 0 Å². The van der Waals surface area contributed by atoms with E-state index in [-0.39, 0.29) is 17.5 Å². The van der Waals surface area contributed by atoms with E-state index < -0.39 is 5.60 Å². The van der Waals surface area contributed by atoms with Crippen molar-refractivity contribution in [3.05, 3.63) is 29.8 Å². The Bertz CT molecular complexity index is 605. The highest BCUT2D eigenvalue weighted by atomic mass is 16.5. The molecule has 1 aromatic carbocycles. The highest BCUT2D eigenvalue weighted by Gasteiger charge is 2.35. The number of ether oxygens (including phenoxy) is 1. The number of hydrogen-bond acceptors (Lipinski definition) is 4. The molecule has 0 saturated heterocycles. The van der Waals surface area contributed by atoms with Crippen molar-refractivity contribution in [1.82, 2.24) is 0 Å². The maximum absolute atomic E-state index is 12.0. The minimum absolute atomic E-state index is 0.0434. The van der Waals surface area contributed by atoms with Crippen molar-refractivity contribution >= 4 is 5.97 Å². The molecule has 1 unspecified atom stereocenters. The number of benzene rings is 1. The minimum atomic E-state index is -0.613. The van der Waals surface area contributed by atoms with Crippen LogP contribution in [-0.4, -0.2) is 27.9 Å². The second-order valence-corrected chi connectivity index (χ2v) is 9.67. The Kier molecular flexibility index (Phi) is 9.67. The van der Waals surface area contributed by atoms with E-state index in [9.17, 15) is 9.90 Å². The molecule has 1 aliphatic rings. The Balaban J connectivity index is 0.000000326. The van der Waals surface area contributed by atoms with Crippen LogP contribution < -0.4 is 0 Å². The molecular formula is C25H42O4. The lowest BCUT2D eigenvalue weighted by Crippen LogP contribution is -2.37. The summed E-state index contributed by atoms with van der Waals surface area (Å²) in [6.07, 6.45) is 5.61. The zero-order valence-corrected chi connectivity index (χ0v) is 19.5. The molecular weight excluding hydrogens is 364 g/mol. The normalized spacial score (nSPS) is 21.0. The second-order valence-electron chi connectivity index (χ2n) is 9.67. The van der Waals surface area contributed by atoms with Crippen molar-refractivity contribution in [3.63, 3.8) is 0 Å². The number of phenolic OH excluding ortho intramolecular Hbond substituents is 1. The summed E-state index contributed by atoms with van der Waals surface area (Å²) in [5.41, 5.74) is 0.301. The van der Waals surface area contributed by atoms with Gasteiger partial charge in [-0.15, -0.1) is 0 Å². The number of phenols is 1. The molecule has 0 spiro atoms. The number of esters is 1. The Labute approximate surface area is 177 Å². The smallest absolute Gasteiger partial charge is 0.311 e. The van der Waals surface area contributed by atoms with Gasteiger partial charge in [-0.3, -0.25) is 4.79 Å². The van der Waals surface area contributed by atoms with Crippen LogP contribution in [0, 0.1) is 11.3 Å². The number of rotatable bonds is 6. The summed E-state index contributed by atoms with van der Waals surface area (Å²) in [5, 5.41) is 19.0. The van der Waals surface area contributed by atoms with Gasteiger partial charge in [0.1, 0.15) is 11.9 Å². The Morgan fingerprint density at radius 2 is 1.59 bits per heavy atom. The van der Waals surface area contributed by atoms with E-state index in [1.54, 1.807) is 12.1 Å². The van der Waals surface area contributed by atoms with E-state index in [1.807, 2.05) is 46.8 Å². The number of aromatic hydroxyl groups is 1. The molecule has 0 bridgehead atoms. The molecule has 1 atom stereocenters. The van der Waals surface area contributed by atoms with Gasteiger partial charge in [-0.1, -0.05) is 32.9 Å². The number of aliphatic hydroxyl groups is 1. The third-order valence-corrected chi connectivity index (χ3v) is 6.46. The largest absolute Gasteiger partial charge is 0.508 e. The van der Waals surface area contributed by atoms with Crippen LogP contribution in [-0.2, 0) is 9.53 Å². The van der Waals surface area contributed by atoms with Crippen molar-refractivity contribution < 1.29 is 19.7 Å². The second kappa shape index (κ2) is 11.0. The highest BCUT2D eigenvalue weighted by Crippen LogP contribution is 2.34. The van der Waals surface area contributed by atoms with E-state index >= 15 is 0 Å². The Morgan fingerprint density at radius 3 is 2.00 bits per heavy atom. The van der Waals surface area contributed by atoms with Gasteiger partial charge in [0.25, 0.3) is 0 Å². The predicted octanol–water partition coefficient (Wildman–Crippen LogP) is 6.20. The van der Waals surface area contributed by atoms with Gasteiger partial charge in [0, 0.05) is 0 Å². The summed E-state index contributed by atoms with van der Waals surface area (Å²) in [6.45, 7) is 13.9. The van der Waals surface area contributed by atoms with E-state index in [2.05, 4.69) is 13.8 Å². The quantitative estimate of drug-likeness (QED) is 0.552. The fraction of sp³-hybridized carbons (Fsp3) is 0.720. The molecule has 4 heteroatoms. The van der Waals surface area contributed by atoms with Crippen molar-refractivity contribution in [1.29, 1.82) is 0 Å². The molecule has 166 valence electrons. The molecule has 4 nitrogen and oxygen atoms in total. The molecule has 0 radical (unpaired) electrons. The fourth-order valence-corrected chi connectivity index (χ4v) is 3.38. The van der Waals surface area contributed by atoms with E-state index in [4.69, 9.17) is 9.84 Å². The molecule has 0 heterocycles. The summed E-state index contributed by atoms with van der Waals surface area (Å²) in [5.74, 6) is 1.18. The molecule has 1 fully saturated rings. The summed E-state index contributed by atoms with van der Waals surface area (Å²) in [4.78, 5) is 12.0. The lowest BCUT2D eigenvalue weighted by atomic mass is 9.78. The summed E-state index contributed by atoms with van der Waals surface area (Å²) in [7, 11) is 0. The molecule has 1 aromatic rings. The average molecular weight is 407 g/mol. The van der Waals surface area contributed by atoms with Crippen molar-refractivity contribution in [2.75, 3.05) is 0 Å². The first-order chi connectivity index (χ1) is 13.4. The first kappa shape index (κ1) is 25.5. The molecule has 1 saturated carbocycles. The van der Waals surface area contributed by atoms with Crippen molar-refractivity contribution in [3.8, 4) is 5.75 Å². The number of hydrogen-bond donors (Lipinski definition) is 2. The average Bonchev–Trinajstić information content (AvgIpc) is 2.68. The molecule has 0 aromatic heterocycles. The summed E-state index contributed by atoms with van der Waals surface area (Å²) in [6, 6.07) is 7.43. The molecule has 1 aliphatic carbocycles. The fourth-order valence-electron chi connectivity index (χ4n) is 3.38. The molecule has 2 rings (SSSR count). The van der Waals surface area contributed by atoms with Crippen molar-refractivity contribution in [2.24, 2.45) is 11.3 Å². The first-order valence-electron chi connectivity index (χ1n) is 11.1. The molecule has 2 N–H and O–H groups in total. The third kappa shape index (κ3) is 8.38. The van der Waals surface area contributed by atoms with Crippen LogP contribution in [0.4, 0.5) is 0 Å². The van der Waals surface area contributed by atoms with E-state index in [0.29, 0.717) is 17.6 Å². The van der Waals surface area contributed by atoms with Gasteiger partial charge in [-0.25, -0.2) is 0 Å². The molecule has 29 heavy (non-hydrogen) atoms. The maximum atomic E-state index is 12.0. The predicted molar refractivity (Wildman–Crippen MR) is 119 cm³/mol. The number of carbonyl (C=O) groups excluding carboxylic acids is 1. The van der Waals surface area contributed by atoms with Crippen LogP contribution in [0.15, 0.2) is 24.3 Å². The zero-order valence-electron chi connectivity index (χ0n) is 19.5. The van der Waals surface area contributed by atoms with Gasteiger partial charge in [-0.05, 0) is 95.8 Å². The molecule has 0 amide bonds. The van der Waals surface area contributed by atoms with Crippen LogP contribution in [0.25, 0.3) is 0 Å². The van der Waals surface area contributed by atoms with Gasteiger partial charge in [0.15, 0.2) is 0 Å². The van der Waals surface area contributed by atoms with Gasteiger partial charge < -0.3 is 14.9 Å². The van der Waals surface area contributed by atoms with Gasteiger partial charge in [0.05, 0.1) is 11.0 Å². The molecule has 0 aliphatic heterocycles. The summed E-state index contributed by atoms with van der Waals surface area (Å²) >= 11 is 0. The van der Waals surface area contributed by atoms with E-state index in [0.717, 1.165) is 38.5 Å². The Hall–Kier alpha value is -1.55.